The highest BCUT2D eigenvalue weighted by Crippen LogP contribution is 2.11. The van der Waals surface area contributed by atoms with Gasteiger partial charge >= 0.3 is 5.97 Å². The number of carboxylic acids is 1. The molecule has 1 N–H and O–H groups in total. The van der Waals surface area contributed by atoms with Crippen molar-refractivity contribution in [3.8, 4) is 0 Å². The molecule has 1 rings (SSSR count). The summed E-state index contributed by atoms with van der Waals surface area (Å²) in [6.45, 7) is 4.08. The highest BCUT2D eigenvalue weighted by Gasteiger charge is 2.17. The molecule has 1 aromatic carbocycles. The van der Waals surface area contributed by atoms with Gasteiger partial charge in [0.2, 0.25) is 5.91 Å². The zero-order valence-corrected chi connectivity index (χ0v) is 12.3. The third kappa shape index (κ3) is 5.05. The second-order valence-electron chi connectivity index (χ2n) is 4.50. The fraction of sp³-hybridized carbons (Fsp3) is 0.333. The maximum atomic E-state index is 12.0. The molecular weight excluding hydrogens is 278 g/mol. The number of likely N-dealkylation sites (N-methyl/N-ethyl adjacent to an activating group) is 1. The first-order valence-electron chi connectivity index (χ1n) is 6.39. The largest absolute Gasteiger partial charge is 0.481 e. The van der Waals surface area contributed by atoms with Crippen LogP contribution >= 0.6 is 11.6 Å². The van der Waals surface area contributed by atoms with Crippen LogP contribution in [0.5, 0.6) is 0 Å². The number of hydrogen-bond donors (Lipinski definition) is 1. The van der Waals surface area contributed by atoms with Gasteiger partial charge in [-0.05, 0) is 30.7 Å². The van der Waals surface area contributed by atoms with Crippen LogP contribution in [0.1, 0.15) is 19.4 Å². The third-order valence-electron chi connectivity index (χ3n) is 2.90. The van der Waals surface area contributed by atoms with Crippen molar-refractivity contribution in [2.45, 2.75) is 13.8 Å². The van der Waals surface area contributed by atoms with Crippen molar-refractivity contribution in [1.82, 2.24) is 4.90 Å². The van der Waals surface area contributed by atoms with Crippen molar-refractivity contribution >= 4 is 29.6 Å². The van der Waals surface area contributed by atoms with Crippen LogP contribution in [0.4, 0.5) is 0 Å². The first kappa shape index (κ1) is 16.2. The van der Waals surface area contributed by atoms with Crippen LogP contribution in [-0.4, -0.2) is 35.0 Å². The monoisotopic (exact) mass is 295 g/mol. The molecule has 0 saturated heterocycles. The summed E-state index contributed by atoms with van der Waals surface area (Å²) in [5, 5.41) is 9.51. The van der Waals surface area contributed by atoms with E-state index in [0.29, 0.717) is 11.6 Å². The van der Waals surface area contributed by atoms with E-state index in [4.69, 9.17) is 16.7 Å². The maximum Gasteiger partial charge on any atom is 0.308 e. The number of aliphatic carboxylic acids is 1. The van der Waals surface area contributed by atoms with E-state index in [0.717, 1.165) is 5.56 Å². The maximum absolute atomic E-state index is 12.0. The van der Waals surface area contributed by atoms with Crippen molar-refractivity contribution in [2.75, 3.05) is 13.1 Å². The molecule has 1 amide bonds. The van der Waals surface area contributed by atoms with Crippen LogP contribution in [-0.2, 0) is 9.59 Å². The Balaban J connectivity index is 2.67. The van der Waals surface area contributed by atoms with Gasteiger partial charge in [-0.15, -0.1) is 0 Å². The number of halogens is 1. The minimum absolute atomic E-state index is 0.199. The van der Waals surface area contributed by atoms with Crippen LogP contribution in [0, 0.1) is 5.92 Å². The lowest BCUT2D eigenvalue weighted by Gasteiger charge is -2.21. The Morgan fingerprint density at radius 1 is 1.35 bits per heavy atom. The molecule has 0 radical (unpaired) electrons. The van der Waals surface area contributed by atoms with Gasteiger partial charge in [0.15, 0.2) is 0 Å². The average molecular weight is 296 g/mol. The van der Waals surface area contributed by atoms with Gasteiger partial charge in [0.1, 0.15) is 0 Å². The Hall–Kier alpha value is -1.81. The molecule has 0 fully saturated rings. The molecule has 0 aliphatic heterocycles. The van der Waals surface area contributed by atoms with Crippen LogP contribution in [0.2, 0.25) is 5.02 Å². The van der Waals surface area contributed by atoms with E-state index in [1.54, 1.807) is 25.1 Å². The van der Waals surface area contributed by atoms with E-state index in [2.05, 4.69) is 0 Å². The molecule has 0 bridgehead atoms. The predicted molar refractivity (Wildman–Crippen MR) is 79.5 cm³/mol. The van der Waals surface area contributed by atoms with E-state index in [1.165, 1.54) is 11.0 Å². The summed E-state index contributed by atoms with van der Waals surface area (Å²) >= 11 is 5.78. The zero-order chi connectivity index (χ0) is 15.1. The molecule has 0 aliphatic carbocycles. The molecule has 0 aromatic heterocycles. The summed E-state index contributed by atoms with van der Waals surface area (Å²) in [7, 11) is 0. The van der Waals surface area contributed by atoms with E-state index in [9.17, 15) is 9.59 Å². The lowest BCUT2D eigenvalue weighted by Crippen LogP contribution is -2.35. The minimum atomic E-state index is -0.905. The Kier molecular flexibility index (Phi) is 6.25. The van der Waals surface area contributed by atoms with Crippen molar-refractivity contribution in [2.24, 2.45) is 5.92 Å². The van der Waals surface area contributed by atoms with Crippen molar-refractivity contribution in [3.05, 3.63) is 40.9 Å². The second kappa shape index (κ2) is 7.70. The van der Waals surface area contributed by atoms with E-state index < -0.39 is 11.9 Å². The lowest BCUT2D eigenvalue weighted by atomic mass is 10.1. The van der Waals surface area contributed by atoms with E-state index >= 15 is 0 Å². The molecule has 5 heteroatoms. The standard InChI is InChI=1S/C15H18ClNO3/c1-3-17(10-11(2)15(19)20)14(18)9-6-12-4-7-13(16)8-5-12/h4-9,11H,3,10H2,1-2H3,(H,19,20). The normalized spacial score (nSPS) is 12.3. The van der Waals surface area contributed by atoms with Gasteiger partial charge in [-0.3, -0.25) is 9.59 Å². The highest BCUT2D eigenvalue weighted by atomic mass is 35.5. The first-order chi connectivity index (χ1) is 9.43. The molecule has 0 saturated carbocycles. The Labute approximate surface area is 123 Å². The summed E-state index contributed by atoms with van der Waals surface area (Å²) in [6.07, 6.45) is 3.13. The molecular formula is C15H18ClNO3. The SMILES string of the molecule is CCN(CC(C)C(=O)O)C(=O)C=Cc1ccc(Cl)cc1. The zero-order valence-electron chi connectivity index (χ0n) is 11.5. The number of hydrogen-bond acceptors (Lipinski definition) is 2. The smallest absolute Gasteiger partial charge is 0.308 e. The van der Waals surface area contributed by atoms with Crippen molar-refractivity contribution in [1.29, 1.82) is 0 Å². The van der Waals surface area contributed by atoms with Crippen LogP contribution < -0.4 is 0 Å². The highest BCUT2D eigenvalue weighted by molar-refractivity contribution is 6.30. The van der Waals surface area contributed by atoms with E-state index in [1.807, 2.05) is 19.1 Å². The Morgan fingerprint density at radius 2 is 1.95 bits per heavy atom. The molecule has 20 heavy (non-hydrogen) atoms. The summed E-state index contributed by atoms with van der Waals surface area (Å²) < 4.78 is 0. The quantitative estimate of drug-likeness (QED) is 0.821. The third-order valence-corrected chi connectivity index (χ3v) is 3.15. The number of amides is 1. The fourth-order valence-electron chi connectivity index (χ4n) is 1.63. The number of carbonyl (C=O) groups excluding carboxylic acids is 1. The summed E-state index contributed by atoms with van der Waals surface area (Å²) in [5.74, 6) is -1.68. The molecule has 1 unspecified atom stereocenters. The number of carbonyl (C=O) groups is 2. The number of rotatable bonds is 6. The van der Waals surface area contributed by atoms with Crippen LogP contribution in [0.15, 0.2) is 30.3 Å². The first-order valence-corrected chi connectivity index (χ1v) is 6.77. The van der Waals surface area contributed by atoms with Gasteiger partial charge in [0.25, 0.3) is 0 Å². The van der Waals surface area contributed by atoms with Gasteiger partial charge in [-0.2, -0.15) is 0 Å². The van der Waals surface area contributed by atoms with Gasteiger partial charge in [-0.1, -0.05) is 30.7 Å². The van der Waals surface area contributed by atoms with Gasteiger partial charge in [0, 0.05) is 24.2 Å². The number of benzene rings is 1. The molecule has 4 nitrogen and oxygen atoms in total. The Morgan fingerprint density at radius 3 is 2.45 bits per heavy atom. The number of carboxylic acid groups (broad SMARTS) is 1. The molecule has 108 valence electrons. The summed E-state index contributed by atoms with van der Waals surface area (Å²) in [4.78, 5) is 24.3. The van der Waals surface area contributed by atoms with Gasteiger partial charge < -0.3 is 10.0 Å². The summed E-state index contributed by atoms with van der Waals surface area (Å²) in [5.41, 5.74) is 0.866. The minimum Gasteiger partial charge on any atom is -0.481 e. The van der Waals surface area contributed by atoms with Gasteiger partial charge in [0.05, 0.1) is 5.92 Å². The fourth-order valence-corrected chi connectivity index (χ4v) is 1.76. The molecule has 1 atom stereocenters. The number of nitrogens with zero attached hydrogens (tertiary/aromatic N) is 1. The molecule has 0 aliphatic rings. The second-order valence-corrected chi connectivity index (χ2v) is 4.94. The topological polar surface area (TPSA) is 57.6 Å². The lowest BCUT2D eigenvalue weighted by molar-refractivity contribution is -0.142. The van der Waals surface area contributed by atoms with Gasteiger partial charge in [-0.25, -0.2) is 0 Å². The van der Waals surface area contributed by atoms with Crippen molar-refractivity contribution in [3.63, 3.8) is 0 Å². The average Bonchev–Trinajstić information content (AvgIpc) is 2.43. The predicted octanol–water partition coefficient (Wildman–Crippen LogP) is 2.92. The van der Waals surface area contributed by atoms with Crippen LogP contribution in [0.3, 0.4) is 0 Å². The van der Waals surface area contributed by atoms with Crippen molar-refractivity contribution < 1.29 is 14.7 Å². The molecule has 1 aromatic rings. The summed E-state index contributed by atoms with van der Waals surface area (Å²) in [6, 6.07) is 7.11. The molecule has 0 heterocycles. The van der Waals surface area contributed by atoms with Crippen LogP contribution in [0.25, 0.3) is 6.08 Å². The Bertz CT molecular complexity index is 496. The molecule has 0 spiro atoms. The van der Waals surface area contributed by atoms with E-state index in [-0.39, 0.29) is 12.5 Å².